The summed E-state index contributed by atoms with van der Waals surface area (Å²) in [6.07, 6.45) is 0. The molecular weight excluding hydrogens is 318 g/mol. The van der Waals surface area contributed by atoms with Gasteiger partial charge < -0.3 is 10.1 Å². The van der Waals surface area contributed by atoms with Crippen molar-refractivity contribution in [2.24, 2.45) is 0 Å². The number of ether oxygens (including phenoxy) is 1. The van der Waals surface area contributed by atoms with Gasteiger partial charge in [0.15, 0.2) is 0 Å². The van der Waals surface area contributed by atoms with Crippen LogP contribution in [0.2, 0.25) is 0 Å². The van der Waals surface area contributed by atoms with Crippen LogP contribution in [0.4, 0.5) is 5.69 Å². The van der Waals surface area contributed by atoms with E-state index in [2.05, 4.69) is 25.2 Å². The van der Waals surface area contributed by atoms with Crippen molar-refractivity contribution >= 4 is 23.4 Å². The van der Waals surface area contributed by atoms with Crippen LogP contribution in [0.15, 0.2) is 47.4 Å². The largest absolute Gasteiger partial charge is 0.497 e. The van der Waals surface area contributed by atoms with Gasteiger partial charge in [-0.25, -0.2) is 0 Å². The number of benzene rings is 2. The molecular formula is C20H25NO2S. The summed E-state index contributed by atoms with van der Waals surface area (Å²) in [6.45, 7) is 8.24. The second-order valence-electron chi connectivity index (χ2n) is 6.12. The average Bonchev–Trinajstić information content (AvgIpc) is 2.57. The van der Waals surface area contributed by atoms with Crippen LogP contribution >= 0.6 is 11.8 Å². The highest BCUT2D eigenvalue weighted by molar-refractivity contribution is 8.00. The summed E-state index contributed by atoms with van der Waals surface area (Å²) in [5, 5.41) is 2.94. The van der Waals surface area contributed by atoms with Gasteiger partial charge in [0.25, 0.3) is 0 Å². The summed E-state index contributed by atoms with van der Waals surface area (Å²) in [5.41, 5.74) is 3.21. The molecule has 0 fully saturated rings. The fourth-order valence-corrected chi connectivity index (χ4v) is 3.35. The number of carbonyl (C=O) groups is 1. The van der Waals surface area contributed by atoms with Gasteiger partial charge in [-0.1, -0.05) is 32.0 Å². The maximum Gasteiger partial charge on any atom is 0.237 e. The number of nitrogens with one attached hydrogen (secondary N) is 1. The van der Waals surface area contributed by atoms with Crippen molar-refractivity contribution in [1.29, 1.82) is 0 Å². The maximum absolute atomic E-state index is 12.6. The van der Waals surface area contributed by atoms with Crippen LogP contribution in [-0.4, -0.2) is 18.3 Å². The van der Waals surface area contributed by atoms with Crippen LogP contribution in [-0.2, 0) is 4.79 Å². The number of carbonyl (C=O) groups excluding carboxylic acids is 1. The molecule has 0 aromatic heterocycles. The van der Waals surface area contributed by atoms with Crippen LogP contribution < -0.4 is 10.1 Å². The van der Waals surface area contributed by atoms with Crippen molar-refractivity contribution in [2.75, 3.05) is 12.4 Å². The third-order valence-electron chi connectivity index (χ3n) is 3.92. The number of rotatable bonds is 6. The number of hydrogen-bond donors (Lipinski definition) is 1. The van der Waals surface area contributed by atoms with Gasteiger partial charge in [0.1, 0.15) is 5.75 Å². The van der Waals surface area contributed by atoms with Gasteiger partial charge in [-0.3, -0.25) is 4.79 Å². The monoisotopic (exact) mass is 343 g/mol. The number of thioether (sulfide) groups is 1. The van der Waals surface area contributed by atoms with Crippen molar-refractivity contribution in [3.05, 3.63) is 53.6 Å². The third kappa shape index (κ3) is 4.54. The van der Waals surface area contributed by atoms with Crippen molar-refractivity contribution in [2.45, 2.75) is 43.8 Å². The molecule has 0 saturated carbocycles. The summed E-state index contributed by atoms with van der Waals surface area (Å²) in [6, 6.07) is 13.9. The van der Waals surface area contributed by atoms with Crippen LogP contribution in [0, 0.1) is 6.92 Å². The maximum atomic E-state index is 12.6. The second-order valence-corrected chi connectivity index (χ2v) is 7.53. The minimum Gasteiger partial charge on any atom is -0.497 e. The van der Waals surface area contributed by atoms with Gasteiger partial charge in [0.05, 0.1) is 12.4 Å². The van der Waals surface area contributed by atoms with Crippen LogP contribution in [0.3, 0.4) is 0 Å². The Bertz CT molecular complexity index is 695. The molecule has 4 heteroatoms. The van der Waals surface area contributed by atoms with E-state index < -0.39 is 0 Å². The molecule has 0 aliphatic carbocycles. The molecule has 0 heterocycles. The molecule has 1 amide bonds. The van der Waals surface area contributed by atoms with E-state index >= 15 is 0 Å². The van der Waals surface area contributed by atoms with E-state index in [0.29, 0.717) is 5.92 Å². The van der Waals surface area contributed by atoms with Gasteiger partial charge >= 0.3 is 0 Å². The topological polar surface area (TPSA) is 38.3 Å². The number of hydrogen-bond acceptors (Lipinski definition) is 3. The van der Waals surface area contributed by atoms with Crippen LogP contribution in [0.25, 0.3) is 0 Å². The first-order valence-electron chi connectivity index (χ1n) is 8.13. The number of methoxy groups -OCH3 is 1. The first-order valence-corrected chi connectivity index (χ1v) is 9.01. The fourth-order valence-electron chi connectivity index (χ4n) is 2.48. The number of aryl methyl sites for hydroxylation is 1. The lowest BCUT2D eigenvalue weighted by Crippen LogP contribution is -2.23. The van der Waals surface area contributed by atoms with Crippen molar-refractivity contribution in [3.8, 4) is 5.75 Å². The minimum atomic E-state index is -0.182. The molecule has 1 N–H and O–H groups in total. The van der Waals surface area contributed by atoms with E-state index in [1.165, 1.54) is 5.56 Å². The zero-order valence-electron chi connectivity index (χ0n) is 14.9. The van der Waals surface area contributed by atoms with Crippen LogP contribution in [0.5, 0.6) is 5.75 Å². The summed E-state index contributed by atoms with van der Waals surface area (Å²) in [5.74, 6) is 1.20. The Morgan fingerprint density at radius 2 is 1.75 bits per heavy atom. The van der Waals surface area contributed by atoms with Gasteiger partial charge in [-0.2, -0.15) is 0 Å². The number of anilines is 1. The smallest absolute Gasteiger partial charge is 0.237 e. The van der Waals surface area contributed by atoms with Crippen molar-refractivity contribution in [3.63, 3.8) is 0 Å². The van der Waals surface area contributed by atoms with E-state index in [1.807, 2.05) is 50.2 Å². The van der Waals surface area contributed by atoms with E-state index in [9.17, 15) is 4.79 Å². The zero-order chi connectivity index (χ0) is 17.7. The minimum absolute atomic E-state index is 0.0204. The average molecular weight is 343 g/mol. The van der Waals surface area contributed by atoms with Gasteiger partial charge in [0.2, 0.25) is 5.91 Å². The highest BCUT2D eigenvalue weighted by atomic mass is 32.2. The quantitative estimate of drug-likeness (QED) is 0.728. The lowest BCUT2D eigenvalue weighted by atomic mass is 9.98. The van der Waals surface area contributed by atoms with Crippen LogP contribution in [0.1, 0.15) is 37.8 Å². The summed E-state index contributed by atoms with van der Waals surface area (Å²) >= 11 is 1.54. The lowest BCUT2D eigenvalue weighted by molar-refractivity contribution is -0.115. The summed E-state index contributed by atoms with van der Waals surface area (Å²) < 4.78 is 5.16. The molecule has 3 nitrogen and oxygen atoms in total. The molecule has 2 rings (SSSR count). The Morgan fingerprint density at radius 3 is 2.33 bits per heavy atom. The SMILES string of the molecule is COc1ccc(SC(C)C(=O)Nc2c(C)cccc2C(C)C)cc1. The Hall–Kier alpha value is -1.94. The molecule has 0 aliphatic heterocycles. The molecule has 0 bridgehead atoms. The predicted molar refractivity (Wildman–Crippen MR) is 102 cm³/mol. The van der Waals surface area contributed by atoms with Crippen molar-refractivity contribution < 1.29 is 9.53 Å². The normalized spacial score (nSPS) is 12.1. The highest BCUT2D eigenvalue weighted by Crippen LogP contribution is 2.30. The molecule has 1 atom stereocenters. The van der Waals surface area contributed by atoms with E-state index in [0.717, 1.165) is 21.9 Å². The van der Waals surface area contributed by atoms with Gasteiger partial charge in [-0.05, 0) is 55.2 Å². The molecule has 0 radical (unpaired) electrons. The molecule has 24 heavy (non-hydrogen) atoms. The predicted octanol–water partition coefficient (Wildman–Crippen LogP) is 5.25. The molecule has 2 aromatic rings. The van der Waals surface area contributed by atoms with E-state index in [1.54, 1.807) is 18.9 Å². The number of para-hydroxylation sites is 1. The highest BCUT2D eigenvalue weighted by Gasteiger charge is 2.18. The molecule has 0 aliphatic rings. The Labute approximate surface area is 148 Å². The standard InChI is InChI=1S/C20H25NO2S/c1-13(2)18-8-6-7-14(3)19(18)21-20(22)15(4)24-17-11-9-16(23-5)10-12-17/h6-13,15H,1-5H3,(H,21,22). The first-order chi connectivity index (χ1) is 11.4. The molecule has 0 saturated heterocycles. The van der Waals surface area contributed by atoms with E-state index in [4.69, 9.17) is 4.74 Å². The molecule has 1 unspecified atom stereocenters. The Morgan fingerprint density at radius 1 is 1.08 bits per heavy atom. The zero-order valence-corrected chi connectivity index (χ0v) is 15.7. The van der Waals surface area contributed by atoms with Gasteiger partial charge in [-0.15, -0.1) is 11.8 Å². The first kappa shape index (κ1) is 18.4. The second kappa shape index (κ2) is 8.25. The fraction of sp³-hybridized carbons (Fsp3) is 0.350. The number of amides is 1. The third-order valence-corrected chi connectivity index (χ3v) is 5.03. The molecule has 0 spiro atoms. The summed E-state index contributed by atoms with van der Waals surface area (Å²) in [7, 11) is 1.65. The molecule has 2 aromatic carbocycles. The Balaban J connectivity index is 2.09. The lowest BCUT2D eigenvalue weighted by Gasteiger charge is -2.18. The van der Waals surface area contributed by atoms with Crippen molar-refractivity contribution in [1.82, 2.24) is 0 Å². The van der Waals surface area contributed by atoms with E-state index in [-0.39, 0.29) is 11.2 Å². The Kier molecular flexibility index (Phi) is 6.32. The summed E-state index contributed by atoms with van der Waals surface area (Å²) in [4.78, 5) is 13.7. The van der Waals surface area contributed by atoms with Gasteiger partial charge in [0, 0.05) is 10.6 Å². The molecule has 128 valence electrons.